The van der Waals surface area contributed by atoms with Crippen LogP contribution in [-0.2, 0) is 14.4 Å². The lowest BCUT2D eigenvalue weighted by Crippen LogP contribution is -2.57. The zero-order chi connectivity index (χ0) is 25.2. The summed E-state index contributed by atoms with van der Waals surface area (Å²) in [4.78, 5) is 47.3. The minimum absolute atomic E-state index is 0.0130. The molecule has 3 amide bonds. The molecule has 0 aromatic carbocycles. The number of nitrogens with zero attached hydrogens (tertiary/aromatic N) is 3. The summed E-state index contributed by atoms with van der Waals surface area (Å²) in [7, 11) is 1.77. The number of amides is 3. The molecule has 5 atom stereocenters. The highest BCUT2D eigenvalue weighted by molar-refractivity contribution is 8.02. The molecule has 35 heavy (non-hydrogen) atoms. The van der Waals surface area contributed by atoms with Crippen LogP contribution in [0.2, 0.25) is 0 Å². The van der Waals surface area contributed by atoms with Crippen molar-refractivity contribution >= 4 is 29.5 Å². The summed E-state index contributed by atoms with van der Waals surface area (Å²) in [5, 5.41) is 9.42. The van der Waals surface area contributed by atoms with E-state index in [0.717, 1.165) is 38.5 Å². The number of carbonyl (C=O) groups excluding carboxylic acids is 3. The lowest BCUT2D eigenvalue weighted by atomic mass is 9.70. The molecule has 0 aromatic heterocycles. The van der Waals surface area contributed by atoms with Crippen molar-refractivity contribution in [1.29, 1.82) is 0 Å². The quantitative estimate of drug-likeness (QED) is 0.346. The third kappa shape index (κ3) is 4.57. The Hall–Kier alpha value is -1.80. The number of hydrogen-bond donors (Lipinski definition) is 1. The number of hydrogen-bond acceptors (Lipinski definition) is 5. The summed E-state index contributed by atoms with van der Waals surface area (Å²) >= 11 is 1.73. The van der Waals surface area contributed by atoms with Crippen molar-refractivity contribution in [3.8, 4) is 0 Å². The van der Waals surface area contributed by atoms with Crippen molar-refractivity contribution in [1.82, 2.24) is 14.7 Å². The van der Waals surface area contributed by atoms with Gasteiger partial charge in [-0.05, 0) is 38.5 Å². The summed E-state index contributed by atoms with van der Waals surface area (Å²) in [6.45, 7) is 9.10. The van der Waals surface area contributed by atoms with E-state index in [9.17, 15) is 19.5 Å². The van der Waals surface area contributed by atoms with Crippen molar-refractivity contribution in [2.24, 2.45) is 11.8 Å². The number of thioether (sulfide) groups is 1. The number of carbonyl (C=O) groups is 3. The van der Waals surface area contributed by atoms with Gasteiger partial charge in [-0.15, -0.1) is 24.9 Å². The van der Waals surface area contributed by atoms with E-state index in [1.165, 1.54) is 6.42 Å². The highest BCUT2D eigenvalue weighted by Crippen LogP contribution is 2.66. The van der Waals surface area contributed by atoms with Gasteiger partial charge >= 0.3 is 0 Å². The monoisotopic (exact) mass is 503 g/mol. The molecule has 4 rings (SSSR count). The van der Waals surface area contributed by atoms with Crippen LogP contribution >= 0.6 is 11.8 Å². The van der Waals surface area contributed by atoms with Crippen LogP contribution in [0.15, 0.2) is 25.3 Å². The van der Waals surface area contributed by atoms with E-state index in [0.29, 0.717) is 32.5 Å². The molecule has 4 fully saturated rings. The van der Waals surface area contributed by atoms with Crippen molar-refractivity contribution in [2.75, 3.05) is 33.3 Å². The highest BCUT2D eigenvalue weighted by atomic mass is 32.2. The van der Waals surface area contributed by atoms with E-state index >= 15 is 0 Å². The van der Waals surface area contributed by atoms with Crippen LogP contribution in [-0.4, -0.2) is 92.9 Å². The van der Waals surface area contributed by atoms with Gasteiger partial charge in [0.1, 0.15) is 6.04 Å². The van der Waals surface area contributed by atoms with Gasteiger partial charge in [-0.1, -0.05) is 31.4 Å². The Morgan fingerprint density at radius 2 is 1.83 bits per heavy atom. The molecule has 7 nitrogen and oxygen atoms in total. The molecule has 194 valence electrons. The summed E-state index contributed by atoms with van der Waals surface area (Å²) in [5.41, 5.74) is 0. The van der Waals surface area contributed by atoms with Gasteiger partial charge in [0.25, 0.3) is 0 Å². The molecule has 0 aromatic rings. The SMILES string of the molecule is C=CCN(C)C(=O)[C@@H]1[C@H]2C(=O)N(CCCCO)C(C(=O)N(CC=C)C3CCCCC3)C23CC[C@H]1S3. The number of likely N-dealkylation sites (N-methyl/N-ethyl adjacent to an activating group) is 1. The standard InChI is InChI=1S/C27H41N3O4S/c1-4-15-28(3)24(32)21-20-13-14-27(35-20)22(21)25(33)30(17-9-10-18-31)23(27)26(34)29(16-5-2)19-11-7-6-8-12-19/h4-5,19-23,31H,1-2,6-18H2,3H3/t20-,21+,22+,23?,27?/m1/s1. The molecule has 2 unspecified atom stereocenters. The fourth-order valence-corrected chi connectivity index (χ4v) is 9.20. The molecule has 1 N–H and O–H groups in total. The second-order valence-corrected chi connectivity index (χ2v) is 12.2. The number of unbranched alkanes of at least 4 members (excludes halogenated alkanes) is 1. The summed E-state index contributed by atoms with van der Waals surface area (Å²) < 4.78 is -0.554. The second kappa shape index (κ2) is 11.1. The number of likely N-dealkylation sites (tertiary alicyclic amines) is 1. The third-order valence-electron chi connectivity index (χ3n) is 8.53. The van der Waals surface area contributed by atoms with Crippen LogP contribution in [0.1, 0.15) is 57.8 Å². The molecule has 8 heteroatoms. The smallest absolute Gasteiger partial charge is 0.247 e. The lowest BCUT2D eigenvalue weighted by Gasteiger charge is -2.41. The first-order valence-electron chi connectivity index (χ1n) is 13.3. The fraction of sp³-hybridized carbons (Fsp3) is 0.741. The number of aliphatic hydroxyl groups excluding tert-OH is 1. The molecular weight excluding hydrogens is 462 g/mol. The molecule has 2 bridgehead atoms. The number of rotatable bonds is 11. The highest BCUT2D eigenvalue weighted by Gasteiger charge is 2.74. The third-order valence-corrected chi connectivity index (χ3v) is 10.5. The van der Waals surface area contributed by atoms with Gasteiger partial charge in [0.05, 0.1) is 16.6 Å². The zero-order valence-corrected chi connectivity index (χ0v) is 21.9. The largest absolute Gasteiger partial charge is 0.396 e. The minimum atomic E-state index is -0.557. The lowest BCUT2D eigenvalue weighted by molar-refractivity contribution is -0.145. The van der Waals surface area contributed by atoms with Crippen LogP contribution in [0.4, 0.5) is 0 Å². The minimum Gasteiger partial charge on any atom is -0.396 e. The normalized spacial score (nSPS) is 31.9. The molecule has 3 aliphatic heterocycles. The first kappa shape index (κ1) is 26.3. The molecule has 1 saturated carbocycles. The number of fused-ring (bicyclic) bond motifs is 1. The van der Waals surface area contributed by atoms with E-state index in [4.69, 9.17) is 0 Å². The average Bonchev–Trinajstić information content (AvgIpc) is 3.50. The maximum Gasteiger partial charge on any atom is 0.247 e. The molecule has 3 saturated heterocycles. The Balaban J connectivity index is 1.69. The molecule has 1 aliphatic carbocycles. The topological polar surface area (TPSA) is 81.2 Å². The Bertz CT molecular complexity index is 844. The van der Waals surface area contributed by atoms with Crippen LogP contribution in [0.3, 0.4) is 0 Å². The second-order valence-electron chi connectivity index (χ2n) is 10.6. The van der Waals surface area contributed by atoms with E-state index in [1.807, 2.05) is 4.90 Å². The predicted molar refractivity (Wildman–Crippen MR) is 139 cm³/mol. The van der Waals surface area contributed by atoms with Gasteiger partial charge in [0.2, 0.25) is 17.7 Å². The van der Waals surface area contributed by atoms with Crippen LogP contribution < -0.4 is 0 Å². The first-order chi connectivity index (χ1) is 16.9. The van der Waals surface area contributed by atoms with Gasteiger partial charge in [-0.25, -0.2) is 0 Å². The van der Waals surface area contributed by atoms with Gasteiger partial charge in [-0.2, -0.15) is 0 Å². The van der Waals surface area contributed by atoms with Crippen LogP contribution in [0.25, 0.3) is 0 Å². The molecule has 0 radical (unpaired) electrons. The number of aliphatic hydroxyl groups is 1. The fourth-order valence-electron chi connectivity index (χ4n) is 6.99. The summed E-state index contributed by atoms with van der Waals surface area (Å²) in [5.74, 6) is -0.903. The first-order valence-corrected chi connectivity index (χ1v) is 14.2. The predicted octanol–water partition coefficient (Wildman–Crippen LogP) is 2.84. The molecular formula is C27H41N3O4S. The summed E-state index contributed by atoms with van der Waals surface area (Å²) in [6.07, 6.45) is 11.8. The van der Waals surface area contributed by atoms with Gasteiger partial charge < -0.3 is 19.8 Å². The molecule has 3 heterocycles. The Morgan fingerprint density at radius 1 is 1.11 bits per heavy atom. The summed E-state index contributed by atoms with van der Waals surface area (Å²) in [6, 6.07) is -0.378. The van der Waals surface area contributed by atoms with Crippen molar-refractivity contribution in [2.45, 2.75) is 79.9 Å². The average molecular weight is 504 g/mol. The van der Waals surface area contributed by atoms with E-state index in [1.54, 1.807) is 40.8 Å². The van der Waals surface area contributed by atoms with E-state index < -0.39 is 22.6 Å². The Kier molecular flexibility index (Phi) is 8.31. The van der Waals surface area contributed by atoms with Crippen molar-refractivity contribution < 1.29 is 19.5 Å². The van der Waals surface area contributed by atoms with E-state index in [-0.39, 0.29) is 35.6 Å². The van der Waals surface area contributed by atoms with Crippen LogP contribution in [0, 0.1) is 11.8 Å². The molecule has 1 spiro atoms. The van der Waals surface area contributed by atoms with Gasteiger partial charge in [-0.3, -0.25) is 14.4 Å². The van der Waals surface area contributed by atoms with Crippen molar-refractivity contribution in [3.05, 3.63) is 25.3 Å². The van der Waals surface area contributed by atoms with E-state index in [2.05, 4.69) is 13.2 Å². The van der Waals surface area contributed by atoms with Crippen molar-refractivity contribution in [3.63, 3.8) is 0 Å². The van der Waals surface area contributed by atoms with Gasteiger partial charge in [0, 0.05) is 44.6 Å². The molecule has 4 aliphatic rings. The van der Waals surface area contributed by atoms with Gasteiger partial charge in [0.15, 0.2) is 0 Å². The zero-order valence-electron chi connectivity index (χ0n) is 21.1. The maximum atomic E-state index is 14.4. The Labute approximate surface area is 214 Å². The van der Waals surface area contributed by atoms with Crippen LogP contribution in [0.5, 0.6) is 0 Å². The maximum absolute atomic E-state index is 14.4. The Morgan fingerprint density at radius 3 is 2.49 bits per heavy atom.